The lowest BCUT2D eigenvalue weighted by atomic mass is 9.98. The molecule has 0 aliphatic carbocycles. The van der Waals surface area contributed by atoms with Crippen LogP contribution in [0.1, 0.15) is 23.2 Å². The SMILES string of the molecule is COCC1CCCN(CC(=O)c2ccc(OC)c(F)c2)C1. The Bertz CT molecular complexity index is 490. The van der Waals surface area contributed by atoms with E-state index < -0.39 is 5.82 Å². The summed E-state index contributed by atoms with van der Waals surface area (Å²) in [4.78, 5) is 14.4. The van der Waals surface area contributed by atoms with Gasteiger partial charge in [0, 0.05) is 19.2 Å². The van der Waals surface area contributed by atoms with Crippen LogP contribution in [0.15, 0.2) is 18.2 Å². The summed E-state index contributed by atoms with van der Waals surface area (Å²) in [5.74, 6) is 0.0720. The smallest absolute Gasteiger partial charge is 0.176 e. The molecular weight excluding hydrogens is 273 g/mol. The van der Waals surface area contributed by atoms with Crippen LogP contribution in [0, 0.1) is 11.7 Å². The van der Waals surface area contributed by atoms with Crippen molar-refractivity contribution in [2.24, 2.45) is 5.92 Å². The zero-order valence-electron chi connectivity index (χ0n) is 12.6. The number of ketones is 1. The number of carbonyl (C=O) groups excluding carboxylic acids is 1. The Morgan fingerprint density at radius 1 is 1.43 bits per heavy atom. The molecule has 2 rings (SSSR count). The normalized spacial score (nSPS) is 19.5. The van der Waals surface area contributed by atoms with Crippen LogP contribution in [0.3, 0.4) is 0 Å². The molecule has 1 aromatic carbocycles. The van der Waals surface area contributed by atoms with Gasteiger partial charge in [0.1, 0.15) is 0 Å². The van der Waals surface area contributed by atoms with Crippen LogP contribution < -0.4 is 4.74 Å². The van der Waals surface area contributed by atoms with E-state index >= 15 is 0 Å². The number of carbonyl (C=O) groups is 1. The van der Waals surface area contributed by atoms with Gasteiger partial charge in [-0.15, -0.1) is 0 Å². The summed E-state index contributed by atoms with van der Waals surface area (Å²) >= 11 is 0. The van der Waals surface area contributed by atoms with E-state index in [1.54, 1.807) is 13.2 Å². The molecule has 1 aliphatic heterocycles. The van der Waals surface area contributed by atoms with Crippen molar-refractivity contribution in [3.8, 4) is 5.75 Å². The van der Waals surface area contributed by atoms with Crippen LogP contribution in [0.25, 0.3) is 0 Å². The highest BCUT2D eigenvalue weighted by Crippen LogP contribution is 2.20. The van der Waals surface area contributed by atoms with E-state index in [-0.39, 0.29) is 11.5 Å². The van der Waals surface area contributed by atoms with Crippen LogP contribution in [0.5, 0.6) is 5.75 Å². The Balaban J connectivity index is 1.96. The molecular formula is C16H22FNO3. The Labute approximate surface area is 124 Å². The Hall–Kier alpha value is -1.46. The first-order valence-electron chi connectivity index (χ1n) is 7.22. The number of halogens is 1. The van der Waals surface area contributed by atoms with E-state index in [0.717, 1.165) is 32.5 Å². The van der Waals surface area contributed by atoms with Gasteiger partial charge in [-0.2, -0.15) is 0 Å². The summed E-state index contributed by atoms with van der Waals surface area (Å²) in [6.07, 6.45) is 2.20. The average molecular weight is 295 g/mol. The molecule has 116 valence electrons. The molecule has 1 atom stereocenters. The highest BCUT2D eigenvalue weighted by atomic mass is 19.1. The molecule has 0 spiro atoms. The topological polar surface area (TPSA) is 38.8 Å². The zero-order valence-corrected chi connectivity index (χ0v) is 12.6. The van der Waals surface area contributed by atoms with E-state index in [4.69, 9.17) is 9.47 Å². The highest BCUT2D eigenvalue weighted by Gasteiger charge is 2.22. The summed E-state index contributed by atoms with van der Waals surface area (Å²) < 4.78 is 23.7. The Kier molecular flexibility index (Phi) is 5.70. The first-order valence-corrected chi connectivity index (χ1v) is 7.22. The van der Waals surface area contributed by atoms with Crippen molar-refractivity contribution in [3.63, 3.8) is 0 Å². The fourth-order valence-electron chi connectivity index (χ4n) is 2.80. The minimum atomic E-state index is -0.501. The highest BCUT2D eigenvalue weighted by molar-refractivity contribution is 5.97. The van der Waals surface area contributed by atoms with Gasteiger partial charge in [-0.3, -0.25) is 9.69 Å². The van der Waals surface area contributed by atoms with Gasteiger partial charge in [0.05, 0.1) is 20.3 Å². The van der Waals surface area contributed by atoms with Gasteiger partial charge >= 0.3 is 0 Å². The molecule has 0 amide bonds. The Morgan fingerprint density at radius 2 is 2.24 bits per heavy atom. The largest absolute Gasteiger partial charge is 0.494 e. The minimum Gasteiger partial charge on any atom is -0.494 e. The predicted molar refractivity (Wildman–Crippen MR) is 78.3 cm³/mol. The van der Waals surface area contributed by atoms with E-state index in [0.29, 0.717) is 18.0 Å². The number of rotatable bonds is 6. The molecule has 21 heavy (non-hydrogen) atoms. The lowest BCUT2D eigenvalue weighted by molar-refractivity contribution is 0.0757. The van der Waals surface area contributed by atoms with Crippen LogP contribution in [-0.4, -0.2) is 51.1 Å². The van der Waals surface area contributed by atoms with Gasteiger partial charge in [0.25, 0.3) is 0 Å². The molecule has 0 bridgehead atoms. The molecule has 1 saturated heterocycles. The number of Topliss-reactive ketones (excluding diaryl/α,β-unsaturated/α-hetero) is 1. The van der Waals surface area contributed by atoms with Gasteiger partial charge in [-0.05, 0) is 43.5 Å². The second-order valence-corrected chi connectivity index (χ2v) is 5.47. The summed E-state index contributed by atoms with van der Waals surface area (Å²) in [5, 5.41) is 0. The van der Waals surface area contributed by atoms with Crippen molar-refractivity contribution in [1.29, 1.82) is 0 Å². The maximum Gasteiger partial charge on any atom is 0.176 e. The van der Waals surface area contributed by atoms with Crippen molar-refractivity contribution in [3.05, 3.63) is 29.6 Å². The number of hydrogen-bond donors (Lipinski definition) is 0. The van der Waals surface area contributed by atoms with E-state index in [1.807, 2.05) is 0 Å². The average Bonchev–Trinajstić information content (AvgIpc) is 2.48. The molecule has 1 unspecified atom stereocenters. The number of hydrogen-bond acceptors (Lipinski definition) is 4. The second-order valence-electron chi connectivity index (χ2n) is 5.47. The molecule has 0 aromatic heterocycles. The number of likely N-dealkylation sites (tertiary alicyclic amines) is 1. The third-order valence-corrected chi connectivity index (χ3v) is 3.85. The van der Waals surface area contributed by atoms with Crippen LogP contribution in [-0.2, 0) is 4.74 Å². The molecule has 0 radical (unpaired) electrons. The van der Waals surface area contributed by atoms with Gasteiger partial charge < -0.3 is 9.47 Å². The lowest BCUT2D eigenvalue weighted by Crippen LogP contribution is -2.40. The van der Waals surface area contributed by atoms with Crippen LogP contribution in [0.2, 0.25) is 0 Å². The quantitative estimate of drug-likeness (QED) is 0.755. The molecule has 0 saturated carbocycles. The number of benzene rings is 1. The molecule has 1 aliphatic rings. The monoisotopic (exact) mass is 295 g/mol. The third-order valence-electron chi connectivity index (χ3n) is 3.85. The third kappa shape index (κ3) is 4.25. The molecule has 1 heterocycles. The summed E-state index contributed by atoms with van der Waals surface area (Å²) in [6, 6.07) is 4.35. The van der Waals surface area contributed by atoms with Crippen molar-refractivity contribution in [2.75, 3.05) is 40.5 Å². The van der Waals surface area contributed by atoms with E-state index in [9.17, 15) is 9.18 Å². The lowest BCUT2D eigenvalue weighted by Gasteiger charge is -2.31. The molecule has 5 heteroatoms. The van der Waals surface area contributed by atoms with Crippen molar-refractivity contribution in [1.82, 2.24) is 4.90 Å². The van der Waals surface area contributed by atoms with Gasteiger partial charge in [0.15, 0.2) is 17.3 Å². The van der Waals surface area contributed by atoms with Gasteiger partial charge in [-0.1, -0.05) is 0 Å². The molecule has 1 aromatic rings. The number of piperidine rings is 1. The minimum absolute atomic E-state index is 0.0605. The van der Waals surface area contributed by atoms with Crippen molar-refractivity contribution >= 4 is 5.78 Å². The second kappa shape index (κ2) is 7.52. The van der Waals surface area contributed by atoms with E-state index in [2.05, 4.69) is 4.90 Å². The predicted octanol–water partition coefficient (Wildman–Crippen LogP) is 2.38. The first kappa shape index (κ1) is 15.9. The summed E-state index contributed by atoms with van der Waals surface area (Å²) in [7, 11) is 3.10. The standard InChI is InChI=1S/C16H22FNO3/c1-20-11-12-4-3-7-18(9-12)10-15(19)13-5-6-16(21-2)14(17)8-13/h5-6,8,12H,3-4,7,9-11H2,1-2H3. The van der Waals surface area contributed by atoms with Gasteiger partial charge in [0.2, 0.25) is 0 Å². The Morgan fingerprint density at radius 3 is 2.90 bits per heavy atom. The van der Waals surface area contributed by atoms with E-state index in [1.165, 1.54) is 19.2 Å². The van der Waals surface area contributed by atoms with Crippen LogP contribution >= 0.6 is 0 Å². The number of methoxy groups -OCH3 is 2. The number of nitrogens with zero attached hydrogens (tertiary/aromatic N) is 1. The fraction of sp³-hybridized carbons (Fsp3) is 0.562. The number of ether oxygens (including phenoxy) is 2. The van der Waals surface area contributed by atoms with Crippen LogP contribution in [0.4, 0.5) is 4.39 Å². The summed E-state index contributed by atoms with van der Waals surface area (Å²) in [6.45, 7) is 2.82. The van der Waals surface area contributed by atoms with Gasteiger partial charge in [-0.25, -0.2) is 4.39 Å². The fourth-order valence-corrected chi connectivity index (χ4v) is 2.80. The maximum atomic E-state index is 13.6. The summed E-state index contributed by atoms with van der Waals surface area (Å²) in [5.41, 5.74) is 0.391. The molecule has 4 nitrogen and oxygen atoms in total. The molecule has 1 fully saturated rings. The van der Waals surface area contributed by atoms with Crippen molar-refractivity contribution < 1.29 is 18.7 Å². The zero-order chi connectivity index (χ0) is 15.2. The molecule has 0 N–H and O–H groups in total. The van der Waals surface area contributed by atoms with Crippen molar-refractivity contribution in [2.45, 2.75) is 12.8 Å². The maximum absolute atomic E-state index is 13.6. The first-order chi connectivity index (χ1) is 10.1.